The molecule has 0 aromatic carbocycles. The van der Waals surface area contributed by atoms with Gasteiger partial charge in [-0.3, -0.25) is 4.98 Å². The Kier molecular flexibility index (Phi) is 3.15. The fraction of sp³-hybridized carbons (Fsp3) is 0.308. The lowest BCUT2D eigenvalue weighted by Crippen LogP contribution is -2.35. The van der Waals surface area contributed by atoms with Gasteiger partial charge in [0.05, 0.1) is 11.2 Å². The third-order valence-electron chi connectivity index (χ3n) is 2.82. The van der Waals surface area contributed by atoms with Crippen molar-refractivity contribution in [3.63, 3.8) is 0 Å². The largest absolute Gasteiger partial charge is 0.308 e. The maximum absolute atomic E-state index is 4.58. The lowest BCUT2D eigenvalue weighted by Gasteiger charge is -2.22. The van der Waals surface area contributed by atoms with E-state index in [2.05, 4.69) is 34.1 Å². The van der Waals surface area contributed by atoms with E-state index in [9.17, 15) is 0 Å². The van der Waals surface area contributed by atoms with Gasteiger partial charge in [-0.2, -0.15) is 0 Å². The molecule has 0 radical (unpaired) electrons. The van der Waals surface area contributed by atoms with Crippen LogP contribution in [0.4, 0.5) is 0 Å². The summed E-state index contributed by atoms with van der Waals surface area (Å²) in [6, 6.07) is 5.79. The quantitative estimate of drug-likeness (QED) is 0.873. The molecule has 0 amide bonds. The summed E-state index contributed by atoms with van der Waals surface area (Å²) in [6.07, 6.45) is 5.32. The summed E-state index contributed by atoms with van der Waals surface area (Å²) in [6.45, 7) is 4.11. The highest BCUT2D eigenvalue weighted by Gasteiger charge is 2.21. The van der Waals surface area contributed by atoms with Gasteiger partial charge in [-0.15, -0.1) is 0 Å². The molecule has 0 aliphatic rings. The predicted molar refractivity (Wildman–Crippen MR) is 67.3 cm³/mol. The van der Waals surface area contributed by atoms with Gasteiger partial charge in [-0.1, -0.05) is 0 Å². The Morgan fingerprint density at radius 2 is 1.76 bits per heavy atom. The second-order valence-electron chi connectivity index (χ2n) is 4.38. The average Bonchev–Trinajstić information content (AvgIpc) is 2.40. The summed E-state index contributed by atoms with van der Waals surface area (Å²) < 4.78 is 0. The second kappa shape index (κ2) is 4.59. The van der Waals surface area contributed by atoms with E-state index in [4.69, 9.17) is 0 Å². The third-order valence-corrected chi connectivity index (χ3v) is 2.82. The van der Waals surface area contributed by atoms with E-state index in [-0.39, 0.29) is 5.54 Å². The highest BCUT2D eigenvalue weighted by molar-refractivity contribution is 5.57. The zero-order valence-electron chi connectivity index (χ0n) is 10.3. The fourth-order valence-electron chi connectivity index (χ4n) is 1.46. The first kappa shape index (κ1) is 11.7. The van der Waals surface area contributed by atoms with Crippen LogP contribution in [0.25, 0.3) is 11.3 Å². The fourth-order valence-corrected chi connectivity index (χ4v) is 1.46. The van der Waals surface area contributed by atoms with E-state index in [1.165, 1.54) is 0 Å². The van der Waals surface area contributed by atoms with E-state index in [1.807, 2.05) is 25.2 Å². The van der Waals surface area contributed by atoms with E-state index in [1.54, 1.807) is 18.6 Å². The Morgan fingerprint density at radius 3 is 2.41 bits per heavy atom. The van der Waals surface area contributed by atoms with Crippen LogP contribution in [0.15, 0.2) is 36.8 Å². The molecule has 2 heterocycles. The van der Waals surface area contributed by atoms with Crippen LogP contribution < -0.4 is 5.32 Å². The smallest absolute Gasteiger partial charge is 0.148 e. The summed E-state index contributed by atoms with van der Waals surface area (Å²) in [4.78, 5) is 12.9. The van der Waals surface area contributed by atoms with Crippen molar-refractivity contribution in [2.75, 3.05) is 7.05 Å². The van der Waals surface area contributed by atoms with Gasteiger partial charge in [-0.25, -0.2) is 9.97 Å². The number of nitrogens with one attached hydrogen (secondary N) is 1. The van der Waals surface area contributed by atoms with Crippen LogP contribution in [0.3, 0.4) is 0 Å². The zero-order valence-corrected chi connectivity index (χ0v) is 10.3. The number of rotatable bonds is 3. The van der Waals surface area contributed by atoms with Crippen LogP contribution in [0.1, 0.15) is 19.7 Å². The molecule has 0 unspecified atom stereocenters. The molecule has 1 N–H and O–H groups in total. The predicted octanol–water partition coefficient (Wildman–Crippen LogP) is 1.99. The normalized spacial score (nSPS) is 11.5. The lowest BCUT2D eigenvalue weighted by atomic mass is 10.0. The monoisotopic (exact) mass is 228 g/mol. The molecule has 0 saturated heterocycles. The van der Waals surface area contributed by atoms with Crippen LogP contribution in [0.5, 0.6) is 0 Å². The van der Waals surface area contributed by atoms with Crippen molar-refractivity contribution in [2.45, 2.75) is 19.4 Å². The molecular formula is C13H16N4. The number of hydrogen-bond acceptors (Lipinski definition) is 4. The van der Waals surface area contributed by atoms with Crippen molar-refractivity contribution in [3.05, 3.63) is 42.6 Å². The first-order valence-electron chi connectivity index (χ1n) is 5.56. The molecule has 88 valence electrons. The molecule has 2 aromatic heterocycles. The molecular weight excluding hydrogens is 212 g/mol. The van der Waals surface area contributed by atoms with E-state index in [0.29, 0.717) is 0 Å². The molecule has 17 heavy (non-hydrogen) atoms. The Balaban J connectivity index is 2.42. The summed E-state index contributed by atoms with van der Waals surface area (Å²) in [7, 11) is 1.91. The molecule has 0 aliphatic carbocycles. The van der Waals surface area contributed by atoms with Crippen molar-refractivity contribution in [1.29, 1.82) is 0 Å². The molecule has 0 bridgehead atoms. The Morgan fingerprint density at radius 1 is 1.06 bits per heavy atom. The van der Waals surface area contributed by atoms with Crippen molar-refractivity contribution in [1.82, 2.24) is 20.3 Å². The van der Waals surface area contributed by atoms with Crippen molar-refractivity contribution >= 4 is 0 Å². The van der Waals surface area contributed by atoms with Crippen LogP contribution in [-0.4, -0.2) is 22.0 Å². The van der Waals surface area contributed by atoms with Crippen molar-refractivity contribution in [3.8, 4) is 11.3 Å². The SMILES string of the molecule is CNC(C)(C)c1nccc(-c2ccncc2)n1. The van der Waals surface area contributed by atoms with Crippen LogP contribution >= 0.6 is 0 Å². The van der Waals surface area contributed by atoms with Gasteiger partial charge in [-0.05, 0) is 39.1 Å². The van der Waals surface area contributed by atoms with Gasteiger partial charge in [0.1, 0.15) is 5.82 Å². The van der Waals surface area contributed by atoms with E-state index < -0.39 is 0 Å². The first-order chi connectivity index (χ1) is 8.13. The highest BCUT2D eigenvalue weighted by Crippen LogP contribution is 2.19. The Hall–Kier alpha value is -1.81. The number of nitrogens with zero attached hydrogens (tertiary/aromatic N) is 3. The van der Waals surface area contributed by atoms with Gasteiger partial charge in [0.2, 0.25) is 0 Å². The van der Waals surface area contributed by atoms with E-state index in [0.717, 1.165) is 17.1 Å². The molecule has 0 saturated carbocycles. The van der Waals surface area contributed by atoms with Crippen LogP contribution in [0, 0.1) is 0 Å². The molecule has 4 heteroatoms. The number of pyridine rings is 1. The molecule has 0 spiro atoms. The number of aromatic nitrogens is 3. The summed E-state index contributed by atoms with van der Waals surface area (Å²) in [5.41, 5.74) is 1.74. The molecule has 0 fully saturated rings. The van der Waals surface area contributed by atoms with Crippen LogP contribution in [0.2, 0.25) is 0 Å². The molecule has 2 aromatic rings. The second-order valence-corrected chi connectivity index (χ2v) is 4.38. The van der Waals surface area contributed by atoms with Gasteiger partial charge < -0.3 is 5.32 Å². The molecule has 2 rings (SSSR count). The summed E-state index contributed by atoms with van der Waals surface area (Å²) >= 11 is 0. The van der Waals surface area contributed by atoms with Gasteiger partial charge >= 0.3 is 0 Å². The van der Waals surface area contributed by atoms with E-state index >= 15 is 0 Å². The van der Waals surface area contributed by atoms with Crippen molar-refractivity contribution < 1.29 is 0 Å². The minimum absolute atomic E-state index is 0.233. The Labute approximate surface area is 101 Å². The van der Waals surface area contributed by atoms with Gasteiger partial charge in [0.25, 0.3) is 0 Å². The maximum atomic E-state index is 4.58. The average molecular weight is 228 g/mol. The molecule has 0 atom stereocenters. The summed E-state index contributed by atoms with van der Waals surface area (Å²) in [5, 5.41) is 3.20. The summed E-state index contributed by atoms with van der Waals surface area (Å²) in [5.74, 6) is 0.786. The number of hydrogen-bond donors (Lipinski definition) is 1. The van der Waals surface area contributed by atoms with Crippen molar-refractivity contribution in [2.24, 2.45) is 0 Å². The Bertz CT molecular complexity index is 494. The third kappa shape index (κ3) is 2.47. The minimum atomic E-state index is -0.233. The molecule has 4 nitrogen and oxygen atoms in total. The molecule has 0 aliphatic heterocycles. The maximum Gasteiger partial charge on any atom is 0.148 e. The highest BCUT2D eigenvalue weighted by atomic mass is 15.0. The van der Waals surface area contributed by atoms with Gasteiger partial charge in [0.15, 0.2) is 0 Å². The standard InChI is InChI=1S/C13H16N4/c1-13(2,14-3)12-16-9-6-11(17-12)10-4-7-15-8-5-10/h4-9,14H,1-3H3. The van der Waals surface area contributed by atoms with Gasteiger partial charge in [0, 0.05) is 24.2 Å². The topological polar surface area (TPSA) is 50.7 Å². The zero-order chi connectivity index (χ0) is 12.3. The minimum Gasteiger partial charge on any atom is -0.308 e. The van der Waals surface area contributed by atoms with Crippen LogP contribution in [-0.2, 0) is 5.54 Å². The first-order valence-corrected chi connectivity index (χ1v) is 5.56. The lowest BCUT2D eigenvalue weighted by molar-refractivity contribution is 0.417.